The molecule has 3 rings (SSSR count). The van der Waals surface area contributed by atoms with Crippen LogP contribution in [-0.4, -0.2) is 31.2 Å². The van der Waals surface area contributed by atoms with Gasteiger partial charge in [-0.3, -0.25) is 9.59 Å². The van der Waals surface area contributed by atoms with Crippen molar-refractivity contribution in [2.45, 2.75) is 6.92 Å². The molecule has 0 atom stereocenters. The number of methoxy groups -OCH3 is 2. The number of carbonyl (C=O) groups excluding carboxylic acids is 2. The Morgan fingerprint density at radius 3 is 2.50 bits per heavy atom. The van der Waals surface area contributed by atoms with Gasteiger partial charge in [-0.1, -0.05) is 11.6 Å². The third-order valence-corrected chi connectivity index (χ3v) is 5.20. The second kappa shape index (κ2) is 8.50. The Labute approximate surface area is 171 Å². The Morgan fingerprint density at radius 1 is 1.14 bits per heavy atom. The lowest BCUT2D eigenvalue weighted by Gasteiger charge is -2.12. The van der Waals surface area contributed by atoms with Crippen molar-refractivity contribution in [3.63, 3.8) is 0 Å². The zero-order valence-electron chi connectivity index (χ0n) is 15.4. The van der Waals surface area contributed by atoms with Crippen LogP contribution in [0.4, 0.5) is 0 Å². The predicted molar refractivity (Wildman–Crippen MR) is 111 cm³/mol. The first-order valence-electron chi connectivity index (χ1n) is 8.24. The summed E-state index contributed by atoms with van der Waals surface area (Å²) in [5, 5.41) is 3.36. The Kier molecular flexibility index (Phi) is 6.06. The Bertz CT molecular complexity index is 1000. The molecular formula is C20H17ClN2O4S. The number of amides is 2. The number of halogens is 1. The van der Waals surface area contributed by atoms with Crippen LogP contribution in [0.15, 0.2) is 46.3 Å². The zero-order chi connectivity index (χ0) is 20.3. The predicted octanol–water partition coefficient (Wildman–Crippen LogP) is 4.07. The minimum absolute atomic E-state index is 0.223. The van der Waals surface area contributed by atoms with E-state index in [0.717, 1.165) is 22.9 Å². The van der Waals surface area contributed by atoms with Crippen LogP contribution in [0.1, 0.15) is 21.5 Å². The summed E-state index contributed by atoms with van der Waals surface area (Å²) >= 11 is 6.91. The highest BCUT2D eigenvalue weighted by atomic mass is 35.5. The molecule has 0 aliphatic carbocycles. The van der Waals surface area contributed by atoms with Crippen LogP contribution in [0.3, 0.4) is 0 Å². The number of ether oxygens (including phenoxy) is 2. The van der Waals surface area contributed by atoms with Crippen molar-refractivity contribution in [3.05, 3.63) is 63.0 Å². The van der Waals surface area contributed by atoms with Gasteiger partial charge in [-0.2, -0.15) is 4.99 Å². The summed E-state index contributed by atoms with van der Waals surface area (Å²) in [7, 11) is 3.14. The van der Waals surface area contributed by atoms with Gasteiger partial charge in [0.15, 0.2) is 5.17 Å². The van der Waals surface area contributed by atoms with E-state index in [0.29, 0.717) is 27.0 Å². The second-order valence-electron chi connectivity index (χ2n) is 5.81. The molecular weight excluding hydrogens is 400 g/mol. The molecule has 2 aromatic carbocycles. The van der Waals surface area contributed by atoms with E-state index in [1.54, 1.807) is 56.7 Å². The number of amidine groups is 1. The number of rotatable bonds is 4. The van der Waals surface area contributed by atoms with E-state index in [4.69, 9.17) is 21.1 Å². The zero-order valence-corrected chi connectivity index (χ0v) is 17.0. The maximum absolute atomic E-state index is 12.3. The number of aliphatic imine (C=N–C) groups is 1. The minimum Gasteiger partial charge on any atom is -0.496 e. The van der Waals surface area contributed by atoms with Crippen molar-refractivity contribution in [1.29, 1.82) is 0 Å². The molecule has 0 bridgehead atoms. The Morgan fingerprint density at radius 2 is 1.86 bits per heavy atom. The van der Waals surface area contributed by atoms with Gasteiger partial charge in [0.25, 0.3) is 11.8 Å². The van der Waals surface area contributed by atoms with Crippen molar-refractivity contribution < 1.29 is 19.1 Å². The van der Waals surface area contributed by atoms with Crippen LogP contribution < -0.4 is 14.8 Å². The highest BCUT2D eigenvalue weighted by Gasteiger charge is 2.25. The summed E-state index contributed by atoms with van der Waals surface area (Å²) in [5.41, 5.74) is 1.94. The molecule has 1 fully saturated rings. The lowest BCUT2D eigenvalue weighted by molar-refractivity contribution is -0.115. The summed E-state index contributed by atoms with van der Waals surface area (Å²) in [6.45, 7) is 1.87. The standard InChI is InChI=1S/C20H17ClN2O4S/c1-11-15(26-2)9-6-13(17(11)27-3)10-16-19(25)23-20(28-16)22-18(24)12-4-7-14(21)8-5-12/h4-10H,1-3H3,(H,22,23,24,25)/b16-10-. The maximum atomic E-state index is 12.3. The molecule has 0 aromatic heterocycles. The molecule has 1 heterocycles. The molecule has 0 radical (unpaired) electrons. The number of nitrogens with one attached hydrogen (secondary N) is 1. The van der Waals surface area contributed by atoms with Crippen molar-refractivity contribution in [1.82, 2.24) is 5.32 Å². The number of benzene rings is 2. The van der Waals surface area contributed by atoms with E-state index >= 15 is 0 Å². The maximum Gasteiger partial charge on any atom is 0.279 e. The van der Waals surface area contributed by atoms with E-state index in [2.05, 4.69) is 10.3 Å². The van der Waals surface area contributed by atoms with Gasteiger partial charge in [0.1, 0.15) is 11.5 Å². The highest BCUT2D eigenvalue weighted by molar-refractivity contribution is 8.18. The van der Waals surface area contributed by atoms with Gasteiger partial charge in [0.05, 0.1) is 19.1 Å². The summed E-state index contributed by atoms with van der Waals surface area (Å²) in [5.74, 6) is 0.517. The van der Waals surface area contributed by atoms with Crippen molar-refractivity contribution >= 4 is 46.4 Å². The molecule has 1 aliphatic heterocycles. The minimum atomic E-state index is -0.460. The monoisotopic (exact) mass is 416 g/mol. The molecule has 6 nitrogen and oxygen atoms in total. The molecule has 28 heavy (non-hydrogen) atoms. The number of carbonyl (C=O) groups is 2. The van der Waals surface area contributed by atoms with Gasteiger partial charge < -0.3 is 14.8 Å². The molecule has 0 saturated carbocycles. The second-order valence-corrected chi connectivity index (χ2v) is 7.28. The fourth-order valence-corrected chi connectivity index (χ4v) is 3.61. The van der Waals surface area contributed by atoms with Crippen LogP contribution in [0, 0.1) is 6.92 Å². The van der Waals surface area contributed by atoms with E-state index < -0.39 is 5.91 Å². The Hall–Kier alpha value is -2.77. The first-order valence-corrected chi connectivity index (χ1v) is 9.43. The average Bonchev–Trinajstić information content (AvgIpc) is 3.01. The summed E-state index contributed by atoms with van der Waals surface area (Å²) in [6, 6.07) is 9.99. The fourth-order valence-electron chi connectivity index (χ4n) is 2.67. The number of hydrogen-bond donors (Lipinski definition) is 1. The quantitative estimate of drug-likeness (QED) is 0.760. The summed E-state index contributed by atoms with van der Waals surface area (Å²) < 4.78 is 10.8. The first-order chi connectivity index (χ1) is 13.4. The van der Waals surface area contributed by atoms with E-state index in [9.17, 15) is 9.59 Å². The van der Waals surface area contributed by atoms with Gasteiger partial charge >= 0.3 is 0 Å². The molecule has 1 saturated heterocycles. The number of thioether (sulfide) groups is 1. The molecule has 0 spiro atoms. The third kappa shape index (κ3) is 4.21. The number of hydrogen-bond acceptors (Lipinski definition) is 5. The molecule has 144 valence electrons. The Balaban J connectivity index is 1.86. The van der Waals surface area contributed by atoms with E-state index in [1.807, 2.05) is 6.92 Å². The topological polar surface area (TPSA) is 77.0 Å². The van der Waals surface area contributed by atoms with Gasteiger partial charge in [0.2, 0.25) is 0 Å². The van der Waals surface area contributed by atoms with Crippen molar-refractivity contribution in [2.75, 3.05) is 14.2 Å². The first kappa shape index (κ1) is 20.0. The SMILES string of the molecule is COc1ccc(/C=C2\SC(=NC(=O)c3ccc(Cl)cc3)NC2=O)c(OC)c1C. The van der Waals surface area contributed by atoms with E-state index in [-0.39, 0.29) is 11.1 Å². The average molecular weight is 417 g/mol. The van der Waals surface area contributed by atoms with E-state index in [1.165, 1.54) is 0 Å². The third-order valence-electron chi connectivity index (χ3n) is 4.04. The van der Waals surface area contributed by atoms with Gasteiger partial charge in [-0.15, -0.1) is 0 Å². The van der Waals surface area contributed by atoms with Crippen LogP contribution in [0.2, 0.25) is 5.02 Å². The molecule has 2 aromatic rings. The largest absolute Gasteiger partial charge is 0.496 e. The number of nitrogens with zero attached hydrogens (tertiary/aromatic N) is 1. The molecule has 0 unspecified atom stereocenters. The molecule has 1 aliphatic rings. The van der Waals surface area contributed by atoms with Crippen LogP contribution in [0.5, 0.6) is 11.5 Å². The fraction of sp³-hybridized carbons (Fsp3) is 0.150. The van der Waals surface area contributed by atoms with Crippen LogP contribution in [0.25, 0.3) is 6.08 Å². The van der Waals surface area contributed by atoms with Crippen LogP contribution in [-0.2, 0) is 4.79 Å². The van der Waals surface area contributed by atoms with Gasteiger partial charge in [0, 0.05) is 21.7 Å². The molecule has 8 heteroatoms. The van der Waals surface area contributed by atoms with Gasteiger partial charge in [-0.25, -0.2) is 0 Å². The normalized spacial score (nSPS) is 16.4. The van der Waals surface area contributed by atoms with Crippen molar-refractivity contribution in [3.8, 4) is 11.5 Å². The molecule has 1 N–H and O–H groups in total. The van der Waals surface area contributed by atoms with Gasteiger partial charge in [-0.05, 0) is 61.2 Å². The highest BCUT2D eigenvalue weighted by Crippen LogP contribution is 2.35. The lowest BCUT2D eigenvalue weighted by atomic mass is 10.1. The smallest absolute Gasteiger partial charge is 0.279 e. The summed E-state index contributed by atoms with van der Waals surface area (Å²) in [4.78, 5) is 28.9. The van der Waals surface area contributed by atoms with Crippen LogP contribution >= 0.6 is 23.4 Å². The molecule has 2 amide bonds. The van der Waals surface area contributed by atoms with Crippen molar-refractivity contribution in [2.24, 2.45) is 4.99 Å². The lowest BCUT2D eigenvalue weighted by Crippen LogP contribution is -2.20. The summed E-state index contributed by atoms with van der Waals surface area (Å²) in [6.07, 6.45) is 1.69.